The minimum atomic E-state index is -0.257. The van der Waals surface area contributed by atoms with Crippen molar-refractivity contribution in [3.8, 4) is 11.5 Å². The van der Waals surface area contributed by atoms with Crippen LogP contribution < -0.4 is 20.3 Å². The van der Waals surface area contributed by atoms with Gasteiger partial charge in [-0.1, -0.05) is 18.2 Å². The molecule has 110 valence electrons. The molecule has 0 aliphatic rings. The van der Waals surface area contributed by atoms with E-state index in [1.807, 2.05) is 37.3 Å². The lowest BCUT2D eigenvalue weighted by Gasteiger charge is -2.10. The van der Waals surface area contributed by atoms with Crippen molar-refractivity contribution in [2.24, 2.45) is 0 Å². The molecule has 0 saturated heterocycles. The predicted molar refractivity (Wildman–Crippen MR) is 81.3 cm³/mol. The molecule has 0 aromatic heterocycles. The van der Waals surface area contributed by atoms with Crippen molar-refractivity contribution >= 4 is 11.6 Å². The maximum Gasteiger partial charge on any atom is 0.276 e. The van der Waals surface area contributed by atoms with E-state index >= 15 is 0 Å². The molecule has 0 fully saturated rings. The summed E-state index contributed by atoms with van der Waals surface area (Å²) in [7, 11) is 0. The van der Waals surface area contributed by atoms with Crippen LogP contribution in [-0.4, -0.2) is 19.1 Å². The van der Waals surface area contributed by atoms with Crippen LogP contribution in [0.4, 0.5) is 5.69 Å². The quantitative estimate of drug-likeness (QED) is 0.768. The van der Waals surface area contributed by atoms with E-state index in [-0.39, 0.29) is 12.5 Å². The van der Waals surface area contributed by atoms with Crippen LogP contribution in [0.2, 0.25) is 0 Å². The van der Waals surface area contributed by atoms with Gasteiger partial charge in [-0.2, -0.15) is 0 Å². The van der Waals surface area contributed by atoms with E-state index in [9.17, 15) is 4.79 Å². The lowest BCUT2D eigenvalue weighted by atomic mass is 10.3. The number of hydrogen-bond donors (Lipinski definition) is 2. The highest BCUT2D eigenvalue weighted by Gasteiger charge is 2.02. The summed E-state index contributed by atoms with van der Waals surface area (Å²) in [4.78, 5) is 11.6. The minimum absolute atomic E-state index is 0.0617. The Kier molecular flexibility index (Phi) is 5.46. The SMILES string of the molecule is CCOc1ccc(OCC(=O)NNc2ccccc2)cc1. The topological polar surface area (TPSA) is 59.6 Å². The van der Waals surface area contributed by atoms with Crippen molar-refractivity contribution in [1.29, 1.82) is 0 Å². The molecule has 1 amide bonds. The normalized spacial score (nSPS) is 9.76. The second kappa shape index (κ2) is 7.79. The van der Waals surface area contributed by atoms with Crippen molar-refractivity contribution in [2.75, 3.05) is 18.6 Å². The zero-order valence-corrected chi connectivity index (χ0v) is 11.8. The number of anilines is 1. The van der Waals surface area contributed by atoms with Gasteiger partial charge in [0, 0.05) is 0 Å². The zero-order valence-electron chi connectivity index (χ0n) is 11.8. The summed E-state index contributed by atoms with van der Waals surface area (Å²) in [6, 6.07) is 16.5. The first kappa shape index (κ1) is 14.7. The molecular weight excluding hydrogens is 268 g/mol. The second-order valence-electron chi connectivity index (χ2n) is 4.23. The van der Waals surface area contributed by atoms with Crippen LogP contribution in [0.3, 0.4) is 0 Å². The van der Waals surface area contributed by atoms with Gasteiger partial charge in [0.25, 0.3) is 5.91 Å². The van der Waals surface area contributed by atoms with Crippen LogP contribution in [0.15, 0.2) is 54.6 Å². The van der Waals surface area contributed by atoms with Crippen LogP contribution in [0.1, 0.15) is 6.92 Å². The van der Waals surface area contributed by atoms with E-state index in [1.54, 1.807) is 24.3 Å². The fourth-order valence-electron chi connectivity index (χ4n) is 1.65. The average Bonchev–Trinajstić information content (AvgIpc) is 2.53. The summed E-state index contributed by atoms with van der Waals surface area (Å²) in [5.74, 6) is 1.14. The monoisotopic (exact) mass is 286 g/mol. The number of rotatable bonds is 7. The van der Waals surface area contributed by atoms with E-state index in [4.69, 9.17) is 9.47 Å². The van der Waals surface area contributed by atoms with Gasteiger partial charge in [0.05, 0.1) is 12.3 Å². The Morgan fingerprint density at radius 1 is 0.952 bits per heavy atom. The standard InChI is InChI=1S/C16H18N2O3/c1-2-20-14-8-10-15(11-9-14)21-12-16(19)18-17-13-6-4-3-5-7-13/h3-11,17H,2,12H2,1H3,(H,18,19). The van der Waals surface area contributed by atoms with Gasteiger partial charge in [-0.15, -0.1) is 0 Å². The molecule has 2 aromatic rings. The molecule has 5 nitrogen and oxygen atoms in total. The molecule has 5 heteroatoms. The lowest BCUT2D eigenvalue weighted by Crippen LogP contribution is -2.33. The van der Waals surface area contributed by atoms with Gasteiger partial charge in [-0.05, 0) is 43.3 Å². The molecule has 2 aromatic carbocycles. The maximum atomic E-state index is 11.6. The highest BCUT2D eigenvalue weighted by molar-refractivity contribution is 5.78. The molecule has 0 bridgehead atoms. The lowest BCUT2D eigenvalue weighted by molar-refractivity contribution is -0.122. The minimum Gasteiger partial charge on any atom is -0.494 e. The summed E-state index contributed by atoms with van der Waals surface area (Å²) in [6.07, 6.45) is 0. The van der Waals surface area contributed by atoms with Crippen molar-refractivity contribution in [3.05, 3.63) is 54.6 Å². The molecular formula is C16H18N2O3. The van der Waals surface area contributed by atoms with Gasteiger partial charge in [0.15, 0.2) is 6.61 Å². The fourth-order valence-corrected chi connectivity index (χ4v) is 1.65. The summed E-state index contributed by atoms with van der Waals surface area (Å²) < 4.78 is 10.7. The third-order valence-corrected chi connectivity index (χ3v) is 2.62. The highest BCUT2D eigenvalue weighted by Crippen LogP contribution is 2.17. The van der Waals surface area contributed by atoms with E-state index in [0.29, 0.717) is 12.4 Å². The molecule has 21 heavy (non-hydrogen) atoms. The number of carbonyl (C=O) groups is 1. The summed E-state index contributed by atoms with van der Waals surface area (Å²) in [5.41, 5.74) is 6.18. The molecule has 0 aliphatic carbocycles. The van der Waals surface area contributed by atoms with Crippen LogP contribution in [-0.2, 0) is 4.79 Å². The molecule has 2 N–H and O–H groups in total. The third kappa shape index (κ3) is 5.06. The molecule has 0 heterocycles. The molecule has 0 spiro atoms. The van der Waals surface area contributed by atoms with Gasteiger partial charge < -0.3 is 9.47 Å². The Morgan fingerprint density at radius 2 is 1.57 bits per heavy atom. The van der Waals surface area contributed by atoms with Gasteiger partial charge in [0.2, 0.25) is 0 Å². The number of carbonyl (C=O) groups excluding carboxylic acids is 1. The largest absolute Gasteiger partial charge is 0.494 e. The number of benzene rings is 2. The number of nitrogens with one attached hydrogen (secondary N) is 2. The fraction of sp³-hybridized carbons (Fsp3) is 0.188. The van der Waals surface area contributed by atoms with Gasteiger partial charge in [0.1, 0.15) is 11.5 Å². The van der Waals surface area contributed by atoms with Crippen molar-refractivity contribution < 1.29 is 14.3 Å². The molecule has 2 rings (SSSR count). The summed E-state index contributed by atoms with van der Waals surface area (Å²) in [6.45, 7) is 2.48. The predicted octanol–water partition coefficient (Wildman–Crippen LogP) is 2.61. The number of amides is 1. The highest BCUT2D eigenvalue weighted by atomic mass is 16.5. The number of ether oxygens (including phenoxy) is 2. The van der Waals surface area contributed by atoms with Crippen LogP contribution in [0.5, 0.6) is 11.5 Å². The number of hydrazine groups is 1. The second-order valence-corrected chi connectivity index (χ2v) is 4.23. The maximum absolute atomic E-state index is 11.6. The van der Waals surface area contributed by atoms with Crippen LogP contribution >= 0.6 is 0 Å². The summed E-state index contributed by atoms with van der Waals surface area (Å²) >= 11 is 0. The van der Waals surface area contributed by atoms with Gasteiger partial charge in [-0.3, -0.25) is 15.6 Å². The van der Waals surface area contributed by atoms with Crippen molar-refractivity contribution in [3.63, 3.8) is 0 Å². The van der Waals surface area contributed by atoms with E-state index in [0.717, 1.165) is 11.4 Å². The number of para-hydroxylation sites is 1. The Morgan fingerprint density at radius 3 is 2.19 bits per heavy atom. The first-order valence-corrected chi connectivity index (χ1v) is 6.73. The first-order chi connectivity index (χ1) is 10.3. The zero-order chi connectivity index (χ0) is 14.9. The van der Waals surface area contributed by atoms with E-state index in [1.165, 1.54) is 0 Å². The first-order valence-electron chi connectivity index (χ1n) is 6.73. The Labute approximate surface area is 123 Å². The Bertz CT molecular complexity index is 555. The molecule has 0 saturated carbocycles. The van der Waals surface area contributed by atoms with Gasteiger partial charge >= 0.3 is 0 Å². The molecule has 0 radical (unpaired) electrons. The van der Waals surface area contributed by atoms with E-state index < -0.39 is 0 Å². The molecule has 0 atom stereocenters. The summed E-state index contributed by atoms with van der Waals surface area (Å²) in [5, 5.41) is 0. The third-order valence-electron chi connectivity index (χ3n) is 2.62. The van der Waals surface area contributed by atoms with Crippen LogP contribution in [0, 0.1) is 0 Å². The van der Waals surface area contributed by atoms with Crippen molar-refractivity contribution in [1.82, 2.24) is 5.43 Å². The Balaban J connectivity index is 1.73. The smallest absolute Gasteiger partial charge is 0.276 e. The number of hydrogen-bond acceptors (Lipinski definition) is 4. The van der Waals surface area contributed by atoms with Crippen LogP contribution in [0.25, 0.3) is 0 Å². The molecule has 0 aliphatic heterocycles. The van der Waals surface area contributed by atoms with Crippen molar-refractivity contribution in [2.45, 2.75) is 6.92 Å². The Hall–Kier alpha value is -2.69. The van der Waals surface area contributed by atoms with Gasteiger partial charge in [-0.25, -0.2) is 0 Å². The van der Waals surface area contributed by atoms with E-state index in [2.05, 4.69) is 10.9 Å². The molecule has 0 unspecified atom stereocenters. The average molecular weight is 286 g/mol.